The van der Waals surface area contributed by atoms with Crippen LogP contribution in [0.15, 0.2) is 24.3 Å². The number of benzene rings is 1. The molecule has 0 aromatic heterocycles. The molecule has 14 heavy (non-hydrogen) atoms. The van der Waals surface area contributed by atoms with Crippen LogP contribution in [0.5, 0.6) is 5.75 Å². The molecule has 78 valence electrons. The van der Waals surface area contributed by atoms with Gasteiger partial charge >= 0.3 is 0 Å². The van der Waals surface area contributed by atoms with Gasteiger partial charge in [-0.05, 0) is 30.5 Å². The molecule has 0 bridgehead atoms. The van der Waals surface area contributed by atoms with Crippen molar-refractivity contribution >= 4 is 0 Å². The van der Waals surface area contributed by atoms with Gasteiger partial charge in [0, 0.05) is 0 Å². The summed E-state index contributed by atoms with van der Waals surface area (Å²) in [7, 11) is 1.65. The van der Waals surface area contributed by atoms with E-state index >= 15 is 0 Å². The maximum atomic E-state index is 9.60. The summed E-state index contributed by atoms with van der Waals surface area (Å²) < 4.78 is 5.06. The highest BCUT2D eigenvalue weighted by molar-refractivity contribution is 5.27. The first-order valence-corrected chi connectivity index (χ1v) is 5.07. The lowest BCUT2D eigenvalue weighted by Crippen LogP contribution is -2.09. The minimum absolute atomic E-state index is 0.214. The zero-order valence-electron chi connectivity index (χ0n) is 8.86. The molecule has 0 aliphatic rings. The van der Waals surface area contributed by atoms with E-state index < -0.39 is 0 Å². The fraction of sp³-hybridized carbons (Fsp3) is 0.500. The molecular formula is C12H18O2. The van der Waals surface area contributed by atoms with Gasteiger partial charge in [-0.15, -0.1) is 0 Å². The van der Waals surface area contributed by atoms with Crippen molar-refractivity contribution < 1.29 is 9.84 Å². The molecule has 2 nitrogen and oxygen atoms in total. The minimum atomic E-state index is -0.214. The van der Waals surface area contributed by atoms with Crippen LogP contribution in [0.25, 0.3) is 0 Å². The summed E-state index contributed by atoms with van der Waals surface area (Å²) in [4.78, 5) is 0. The Morgan fingerprint density at radius 2 is 1.93 bits per heavy atom. The Morgan fingerprint density at radius 3 is 2.43 bits per heavy atom. The molecule has 0 unspecified atom stereocenters. The predicted octanol–water partition coefficient (Wildman–Crippen LogP) is 2.40. The predicted molar refractivity (Wildman–Crippen MR) is 57.6 cm³/mol. The zero-order valence-corrected chi connectivity index (χ0v) is 8.86. The average Bonchev–Trinajstić information content (AvgIpc) is 2.19. The molecule has 0 fully saturated rings. The van der Waals surface area contributed by atoms with E-state index in [0.717, 1.165) is 30.6 Å². The summed E-state index contributed by atoms with van der Waals surface area (Å²) in [6.45, 7) is 2.08. The molecule has 0 saturated heterocycles. The van der Waals surface area contributed by atoms with Crippen LogP contribution in [0, 0.1) is 0 Å². The Hall–Kier alpha value is -1.02. The van der Waals surface area contributed by atoms with Gasteiger partial charge in [-0.25, -0.2) is 0 Å². The molecule has 0 aliphatic carbocycles. The number of aliphatic hydroxyl groups is 1. The molecule has 0 saturated carbocycles. The standard InChI is InChI=1S/C12H18O2/c1-3-4-11(13)9-10-5-7-12(14-2)8-6-10/h5-8,11,13H,3-4,9H2,1-2H3/t11-/m1/s1. The molecule has 0 heterocycles. The zero-order chi connectivity index (χ0) is 10.4. The summed E-state index contributed by atoms with van der Waals surface area (Å²) in [6, 6.07) is 7.84. The summed E-state index contributed by atoms with van der Waals surface area (Å²) >= 11 is 0. The van der Waals surface area contributed by atoms with E-state index in [1.807, 2.05) is 24.3 Å². The van der Waals surface area contributed by atoms with Crippen LogP contribution in [0.1, 0.15) is 25.3 Å². The van der Waals surface area contributed by atoms with Crippen LogP contribution in [-0.2, 0) is 6.42 Å². The van der Waals surface area contributed by atoms with E-state index in [-0.39, 0.29) is 6.10 Å². The molecule has 1 rings (SSSR count). The molecule has 1 N–H and O–H groups in total. The molecule has 1 atom stereocenters. The number of methoxy groups -OCH3 is 1. The Kier molecular flexibility index (Phi) is 4.47. The smallest absolute Gasteiger partial charge is 0.118 e. The van der Waals surface area contributed by atoms with Crippen molar-refractivity contribution in [2.75, 3.05) is 7.11 Å². The van der Waals surface area contributed by atoms with Gasteiger partial charge in [0.2, 0.25) is 0 Å². The molecule has 0 radical (unpaired) electrons. The van der Waals surface area contributed by atoms with E-state index in [1.54, 1.807) is 7.11 Å². The SMILES string of the molecule is CCC[C@@H](O)Cc1ccc(OC)cc1. The van der Waals surface area contributed by atoms with Gasteiger partial charge in [-0.1, -0.05) is 25.5 Å². The van der Waals surface area contributed by atoms with Gasteiger partial charge in [-0.3, -0.25) is 0 Å². The summed E-state index contributed by atoms with van der Waals surface area (Å²) in [5.41, 5.74) is 1.16. The summed E-state index contributed by atoms with van der Waals surface area (Å²) in [5, 5.41) is 9.60. The Labute approximate surface area is 85.5 Å². The highest BCUT2D eigenvalue weighted by Crippen LogP contribution is 2.13. The van der Waals surface area contributed by atoms with Crippen molar-refractivity contribution in [3.8, 4) is 5.75 Å². The average molecular weight is 194 g/mol. The topological polar surface area (TPSA) is 29.5 Å². The minimum Gasteiger partial charge on any atom is -0.497 e. The quantitative estimate of drug-likeness (QED) is 0.780. The number of rotatable bonds is 5. The van der Waals surface area contributed by atoms with Crippen molar-refractivity contribution in [1.82, 2.24) is 0 Å². The first-order chi connectivity index (χ1) is 6.76. The van der Waals surface area contributed by atoms with Crippen LogP contribution in [0.3, 0.4) is 0 Å². The second kappa shape index (κ2) is 5.66. The summed E-state index contributed by atoms with van der Waals surface area (Å²) in [6.07, 6.45) is 2.41. The van der Waals surface area contributed by atoms with Crippen molar-refractivity contribution in [2.45, 2.75) is 32.3 Å². The highest BCUT2D eigenvalue weighted by Gasteiger charge is 2.03. The molecular weight excluding hydrogens is 176 g/mol. The lowest BCUT2D eigenvalue weighted by molar-refractivity contribution is 0.164. The molecule has 0 spiro atoms. The summed E-state index contributed by atoms with van der Waals surface area (Å²) in [5.74, 6) is 0.860. The fourth-order valence-electron chi connectivity index (χ4n) is 1.47. The first-order valence-electron chi connectivity index (χ1n) is 5.07. The van der Waals surface area contributed by atoms with Crippen LogP contribution in [-0.4, -0.2) is 18.3 Å². The van der Waals surface area contributed by atoms with Crippen LogP contribution in [0.2, 0.25) is 0 Å². The van der Waals surface area contributed by atoms with Crippen LogP contribution >= 0.6 is 0 Å². The van der Waals surface area contributed by atoms with Crippen molar-refractivity contribution in [3.05, 3.63) is 29.8 Å². The number of aliphatic hydroxyl groups excluding tert-OH is 1. The van der Waals surface area contributed by atoms with Gasteiger partial charge in [0.15, 0.2) is 0 Å². The van der Waals surface area contributed by atoms with E-state index in [9.17, 15) is 5.11 Å². The molecule has 0 aliphatic heterocycles. The second-order valence-electron chi connectivity index (χ2n) is 3.49. The molecule has 1 aromatic rings. The fourth-order valence-corrected chi connectivity index (χ4v) is 1.47. The van der Waals surface area contributed by atoms with Gasteiger partial charge in [-0.2, -0.15) is 0 Å². The lowest BCUT2D eigenvalue weighted by atomic mass is 10.0. The maximum absolute atomic E-state index is 9.60. The molecule has 1 aromatic carbocycles. The van der Waals surface area contributed by atoms with Crippen LogP contribution in [0.4, 0.5) is 0 Å². The first kappa shape index (κ1) is 11.1. The Balaban J connectivity index is 2.50. The number of ether oxygens (including phenoxy) is 1. The monoisotopic (exact) mass is 194 g/mol. The van der Waals surface area contributed by atoms with E-state index in [2.05, 4.69) is 6.92 Å². The largest absolute Gasteiger partial charge is 0.497 e. The normalized spacial score (nSPS) is 12.5. The number of hydrogen-bond acceptors (Lipinski definition) is 2. The van der Waals surface area contributed by atoms with Gasteiger partial charge < -0.3 is 9.84 Å². The second-order valence-corrected chi connectivity index (χ2v) is 3.49. The van der Waals surface area contributed by atoms with Crippen molar-refractivity contribution in [2.24, 2.45) is 0 Å². The van der Waals surface area contributed by atoms with E-state index in [0.29, 0.717) is 0 Å². The highest BCUT2D eigenvalue weighted by atomic mass is 16.5. The third-order valence-electron chi connectivity index (χ3n) is 2.25. The maximum Gasteiger partial charge on any atom is 0.118 e. The third kappa shape index (κ3) is 3.38. The van der Waals surface area contributed by atoms with E-state index in [4.69, 9.17) is 4.74 Å². The Morgan fingerprint density at radius 1 is 1.29 bits per heavy atom. The Bertz CT molecular complexity index is 254. The van der Waals surface area contributed by atoms with Gasteiger partial charge in [0.1, 0.15) is 5.75 Å². The molecule has 2 heteroatoms. The third-order valence-corrected chi connectivity index (χ3v) is 2.25. The van der Waals surface area contributed by atoms with Gasteiger partial charge in [0.25, 0.3) is 0 Å². The van der Waals surface area contributed by atoms with Crippen LogP contribution < -0.4 is 4.74 Å². The van der Waals surface area contributed by atoms with Crippen molar-refractivity contribution in [1.29, 1.82) is 0 Å². The van der Waals surface area contributed by atoms with Gasteiger partial charge in [0.05, 0.1) is 13.2 Å². The van der Waals surface area contributed by atoms with E-state index in [1.165, 1.54) is 0 Å². The number of hydrogen-bond donors (Lipinski definition) is 1. The lowest BCUT2D eigenvalue weighted by Gasteiger charge is -2.09. The van der Waals surface area contributed by atoms with Crippen molar-refractivity contribution in [3.63, 3.8) is 0 Å². The molecule has 0 amide bonds.